The van der Waals surface area contributed by atoms with E-state index in [9.17, 15) is 10.1 Å². The van der Waals surface area contributed by atoms with Crippen LogP contribution in [0.5, 0.6) is 0 Å². The fraction of sp³-hybridized carbons (Fsp3) is 0.382. The third-order valence-corrected chi connectivity index (χ3v) is 8.49. The molecule has 4 N–H and O–H groups in total. The smallest absolute Gasteiger partial charge is 0.224 e. The Morgan fingerprint density at radius 3 is 2.77 bits per heavy atom. The maximum atomic E-state index is 15.0. The van der Waals surface area contributed by atoms with Gasteiger partial charge in [0.1, 0.15) is 17.7 Å². The van der Waals surface area contributed by atoms with Crippen molar-refractivity contribution in [2.45, 2.75) is 57.5 Å². The average molecular weight is 583 g/mol. The summed E-state index contributed by atoms with van der Waals surface area (Å²) in [7, 11) is 1.68. The van der Waals surface area contributed by atoms with E-state index in [-0.39, 0.29) is 35.9 Å². The minimum atomic E-state index is -0.321. The summed E-state index contributed by atoms with van der Waals surface area (Å²) in [6.07, 6.45) is 5.10. The second kappa shape index (κ2) is 13.4. The van der Waals surface area contributed by atoms with Gasteiger partial charge < -0.3 is 25.7 Å². The van der Waals surface area contributed by atoms with E-state index in [0.717, 1.165) is 52.6 Å². The van der Waals surface area contributed by atoms with E-state index >= 15 is 4.39 Å². The quantitative estimate of drug-likeness (QED) is 0.245. The molecule has 0 aliphatic carbocycles. The van der Waals surface area contributed by atoms with E-state index in [4.69, 9.17) is 16.2 Å². The van der Waals surface area contributed by atoms with Crippen LogP contribution < -0.4 is 11.5 Å². The van der Waals surface area contributed by atoms with E-state index in [2.05, 4.69) is 22.5 Å². The van der Waals surface area contributed by atoms with Crippen LogP contribution in [0.25, 0.3) is 22.0 Å². The van der Waals surface area contributed by atoms with Crippen LogP contribution >= 0.6 is 0 Å². The Bertz CT molecular complexity index is 1640. The van der Waals surface area contributed by atoms with Crippen molar-refractivity contribution in [2.75, 3.05) is 32.5 Å². The van der Waals surface area contributed by atoms with Crippen molar-refractivity contribution in [3.8, 4) is 17.2 Å². The number of rotatable bonds is 10. The van der Waals surface area contributed by atoms with Gasteiger partial charge in [0.25, 0.3) is 0 Å². The number of fused-ring (bicyclic) bond motifs is 1. The number of carbonyl (C=O) groups is 1. The summed E-state index contributed by atoms with van der Waals surface area (Å²) in [6.45, 7) is 4.64. The molecule has 1 unspecified atom stereocenters. The van der Waals surface area contributed by atoms with Crippen LogP contribution in [0.15, 0.2) is 54.7 Å². The van der Waals surface area contributed by atoms with E-state index in [1.807, 2.05) is 35.2 Å². The van der Waals surface area contributed by atoms with Gasteiger partial charge in [-0.1, -0.05) is 36.4 Å². The number of halogens is 1. The summed E-state index contributed by atoms with van der Waals surface area (Å²) in [5.41, 5.74) is 18.2. The van der Waals surface area contributed by atoms with Gasteiger partial charge in [0.05, 0.1) is 11.1 Å². The van der Waals surface area contributed by atoms with Crippen molar-refractivity contribution in [3.63, 3.8) is 0 Å². The highest BCUT2D eigenvalue weighted by molar-refractivity contribution is 5.86. The number of amides is 1. The number of piperidine rings is 1. The van der Waals surface area contributed by atoms with Gasteiger partial charge in [0, 0.05) is 74.6 Å². The first kappa shape index (κ1) is 30.2. The molecule has 1 amide bonds. The normalized spacial score (nSPS) is 15.9. The number of benzene rings is 2. The number of carbonyl (C=O) groups excluding carboxylic acids is 1. The lowest BCUT2D eigenvalue weighted by Crippen LogP contribution is -2.42. The lowest BCUT2D eigenvalue weighted by molar-refractivity contribution is -0.132. The van der Waals surface area contributed by atoms with Crippen LogP contribution in [0, 0.1) is 24.1 Å². The second-order valence-corrected chi connectivity index (χ2v) is 11.5. The van der Waals surface area contributed by atoms with Gasteiger partial charge in [-0.05, 0) is 61.4 Å². The van der Waals surface area contributed by atoms with E-state index < -0.39 is 0 Å². The highest BCUT2D eigenvalue weighted by Crippen LogP contribution is 2.37. The zero-order valence-corrected chi connectivity index (χ0v) is 24.9. The zero-order valence-electron chi connectivity index (χ0n) is 24.9. The molecule has 1 fully saturated rings. The maximum Gasteiger partial charge on any atom is 0.224 e. The third-order valence-electron chi connectivity index (χ3n) is 8.49. The Morgan fingerprint density at radius 1 is 1.23 bits per heavy atom. The predicted molar refractivity (Wildman–Crippen MR) is 167 cm³/mol. The van der Waals surface area contributed by atoms with Gasteiger partial charge in [-0.2, -0.15) is 5.26 Å². The van der Waals surface area contributed by atoms with E-state index in [0.29, 0.717) is 43.7 Å². The monoisotopic (exact) mass is 582 g/mol. The number of nitrogens with zero attached hydrogens (tertiary/aromatic N) is 4. The summed E-state index contributed by atoms with van der Waals surface area (Å²) in [6, 6.07) is 16.6. The fourth-order valence-electron chi connectivity index (χ4n) is 6.39. The van der Waals surface area contributed by atoms with Crippen molar-refractivity contribution >= 4 is 22.6 Å². The minimum absolute atomic E-state index is 0.0525. The number of aromatic nitrogens is 2. The Hall–Kier alpha value is -4.26. The summed E-state index contributed by atoms with van der Waals surface area (Å²) in [5.74, 6) is 0.174. The van der Waals surface area contributed by atoms with Crippen molar-refractivity contribution < 1.29 is 13.9 Å². The fourth-order valence-corrected chi connectivity index (χ4v) is 6.39. The molecule has 0 bridgehead atoms. The van der Waals surface area contributed by atoms with Gasteiger partial charge in [0.15, 0.2) is 0 Å². The molecule has 43 heavy (non-hydrogen) atoms. The summed E-state index contributed by atoms with van der Waals surface area (Å²) in [5, 5.41) is 10.2. The number of nitriles is 1. The first-order valence-corrected chi connectivity index (χ1v) is 14.8. The third kappa shape index (κ3) is 6.56. The molecule has 2 aromatic heterocycles. The molecular weight excluding hydrogens is 543 g/mol. The number of methoxy groups -OCH3 is 1. The minimum Gasteiger partial charge on any atom is -0.385 e. The lowest BCUT2D eigenvalue weighted by atomic mass is 9.91. The molecule has 9 heteroatoms. The number of hydrogen-bond acceptors (Lipinski definition) is 6. The van der Waals surface area contributed by atoms with Crippen LogP contribution in [-0.4, -0.2) is 53.2 Å². The molecule has 5 rings (SSSR count). The van der Waals surface area contributed by atoms with Gasteiger partial charge in [-0.3, -0.25) is 4.79 Å². The summed E-state index contributed by atoms with van der Waals surface area (Å²) >= 11 is 0. The van der Waals surface area contributed by atoms with Gasteiger partial charge >= 0.3 is 0 Å². The molecule has 8 nitrogen and oxygen atoms in total. The molecule has 0 spiro atoms. The average Bonchev–Trinajstić information content (AvgIpc) is 3.30. The molecule has 3 heterocycles. The Labute approximate surface area is 252 Å². The number of likely N-dealkylation sites (tertiary alicyclic amines) is 1. The van der Waals surface area contributed by atoms with Crippen LogP contribution in [0.4, 0.5) is 10.2 Å². The highest BCUT2D eigenvalue weighted by atomic mass is 19.1. The van der Waals surface area contributed by atoms with Crippen molar-refractivity contribution in [2.24, 2.45) is 5.73 Å². The predicted octanol–water partition coefficient (Wildman–Crippen LogP) is 5.31. The second-order valence-electron chi connectivity index (χ2n) is 11.5. The Kier molecular flexibility index (Phi) is 9.39. The first-order chi connectivity index (χ1) is 20.8. The number of anilines is 1. The number of para-hydroxylation sites is 1. The topological polar surface area (TPSA) is 123 Å². The lowest BCUT2D eigenvalue weighted by Gasteiger charge is -2.34. The van der Waals surface area contributed by atoms with Gasteiger partial charge in [-0.15, -0.1) is 0 Å². The van der Waals surface area contributed by atoms with Crippen LogP contribution in [-0.2, 0) is 22.5 Å². The summed E-state index contributed by atoms with van der Waals surface area (Å²) < 4.78 is 22.4. The number of nitrogen functional groups attached to an aromatic ring is 1. The van der Waals surface area contributed by atoms with Crippen molar-refractivity contribution in [3.05, 3.63) is 82.9 Å². The Balaban J connectivity index is 1.25. The molecule has 2 atom stereocenters. The van der Waals surface area contributed by atoms with Crippen molar-refractivity contribution in [1.82, 2.24) is 14.5 Å². The number of aryl methyl sites for hydroxylation is 2. The highest BCUT2D eigenvalue weighted by Gasteiger charge is 2.30. The number of hydrogen-bond donors (Lipinski definition) is 2. The zero-order chi connectivity index (χ0) is 30.5. The SMILES string of the molecule is COCCCn1c(C2CCCN(C(=O)C[C@H](N)Cc3ccc(-c4cnc(N)c(C#N)c4)cc3)C2)c(C)c2cccc(F)c21. The largest absolute Gasteiger partial charge is 0.385 e. The Morgan fingerprint density at radius 2 is 2.02 bits per heavy atom. The maximum absolute atomic E-state index is 15.0. The number of ether oxygens (including phenoxy) is 1. The van der Waals surface area contributed by atoms with E-state index in [1.165, 1.54) is 6.07 Å². The summed E-state index contributed by atoms with van der Waals surface area (Å²) in [4.78, 5) is 19.5. The standard InChI is InChI=1S/C34H39FN6O2/c1-22-29-7-3-8-30(35)33(29)41(14-5-15-43-2)32(22)25-6-4-13-40(21-25)31(42)18-28(37)16-23-9-11-24(12-10-23)27-17-26(19-36)34(38)39-20-27/h3,7-12,17,20,25,28H,4-6,13-16,18,21,37H2,1-2H3,(H2,38,39)/t25?,28-/m1/s1. The number of pyridine rings is 1. The molecule has 224 valence electrons. The molecule has 1 saturated heterocycles. The molecule has 0 radical (unpaired) electrons. The van der Waals surface area contributed by atoms with Crippen LogP contribution in [0.3, 0.4) is 0 Å². The molecule has 1 aliphatic rings. The first-order valence-electron chi connectivity index (χ1n) is 14.8. The molecule has 1 aliphatic heterocycles. The number of nitrogens with two attached hydrogens (primary N) is 2. The van der Waals surface area contributed by atoms with E-state index in [1.54, 1.807) is 25.4 Å². The molecule has 4 aromatic rings. The molecule has 2 aromatic carbocycles. The van der Waals surface area contributed by atoms with Gasteiger partial charge in [-0.25, -0.2) is 9.37 Å². The van der Waals surface area contributed by atoms with Crippen molar-refractivity contribution in [1.29, 1.82) is 5.26 Å². The van der Waals surface area contributed by atoms with Crippen LogP contribution in [0.2, 0.25) is 0 Å². The molecule has 0 saturated carbocycles. The van der Waals surface area contributed by atoms with Gasteiger partial charge in [0.2, 0.25) is 5.91 Å². The molecular formula is C34H39FN6O2. The van der Waals surface area contributed by atoms with Crippen LogP contribution in [0.1, 0.15) is 54.0 Å².